The largest absolute Gasteiger partial charge is 0.481 e. The lowest BCUT2D eigenvalue weighted by atomic mass is 9.88. The Bertz CT molecular complexity index is 750. The normalized spacial score (nSPS) is 19.3. The molecule has 3 rings (SSSR count). The fourth-order valence-corrected chi connectivity index (χ4v) is 3.65. The number of carbonyl (C=O) groups excluding carboxylic acids is 2. The summed E-state index contributed by atoms with van der Waals surface area (Å²) in [4.78, 5) is 37.5. The van der Waals surface area contributed by atoms with Crippen LogP contribution in [0.1, 0.15) is 25.7 Å². The van der Waals surface area contributed by atoms with E-state index in [1.54, 1.807) is 18.2 Å². The van der Waals surface area contributed by atoms with E-state index in [9.17, 15) is 19.5 Å². The van der Waals surface area contributed by atoms with E-state index in [1.165, 1.54) is 4.90 Å². The molecule has 0 radical (unpaired) electrons. The number of aliphatic hydroxyl groups is 1. The zero-order valence-electron chi connectivity index (χ0n) is 14.5. The lowest BCUT2D eigenvalue weighted by Crippen LogP contribution is -2.49. The second-order valence-electron chi connectivity index (χ2n) is 6.67. The minimum Gasteiger partial charge on any atom is -0.481 e. The third-order valence-corrected chi connectivity index (χ3v) is 5.11. The van der Waals surface area contributed by atoms with Crippen molar-refractivity contribution in [3.63, 3.8) is 0 Å². The molecule has 0 spiro atoms. The smallest absolute Gasteiger partial charge is 0.328 e. The van der Waals surface area contributed by atoms with E-state index in [0.29, 0.717) is 43.2 Å². The molecule has 2 saturated heterocycles. The Labute approximate surface area is 167 Å². The minimum absolute atomic E-state index is 0. The molecule has 0 aliphatic carbocycles. The maximum absolute atomic E-state index is 11.9. The fraction of sp³-hybridized carbons (Fsp3) is 0.471. The summed E-state index contributed by atoms with van der Waals surface area (Å²) >= 11 is 6.39. The fourth-order valence-electron chi connectivity index (χ4n) is 3.35. The van der Waals surface area contributed by atoms with Crippen LogP contribution in [0.15, 0.2) is 18.2 Å². The molecular formula is C17H21Cl2N3O5. The number of carboxylic acids is 1. The first-order valence-corrected chi connectivity index (χ1v) is 8.75. The van der Waals surface area contributed by atoms with E-state index < -0.39 is 17.6 Å². The number of halogens is 2. The van der Waals surface area contributed by atoms with E-state index in [2.05, 4.69) is 5.32 Å². The van der Waals surface area contributed by atoms with E-state index in [4.69, 9.17) is 16.7 Å². The highest BCUT2D eigenvalue weighted by atomic mass is 35.5. The second-order valence-corrected chi connectivity index (χ2v) is 7.08. The average Bonchev–Trinajstić information content (AvgIpc) is 2.55. The summed E-state index contributed by atoms with van der Waals surface area (Å²) in [5.74, 6) is -1.31. The maximum atomic E-state index is 11.9. The molecule has 3 N–H and O–H groups in total. The third kappa shape index (κ3) is 4.82. The number of amides is 3. The number of piperidine rings is 1. The van der Waals surface area contributed by atoms with E-state index in [0.717, 1.165) is 5.69 Å². The second kappa shape index (κ2) is 8.33. The summed E-state index contributed by atoms with van der Waals surface area (Å²) in [6.45, 7) is 1.27. The number of nitrogens with zero attached hydrogens (tertiary/aromatic N) is 2. The number of imide groups is 1. The summed E-state index contributed by atoms with van der Waals surface area (Å²) < 4.78 is 0. The number of benzene rings is 1. The van der Waals surface area contributed by atoms with Crippen LogP contribution >= 0.6 is 24.0 Å². The third-order valence-electron chi connectivity index (χ3n) is 4.81. The highest BCUT2D eigenvalue weighted by Gasteiger charge is 2.35. The highest BCUT2D eigenvalue weighted by Crippen LogP contribution is 2.35. The van der Waals surface area contributed by atoms with Crippen molar-refractivity contribution in [2.45, 2.75) is 31.3 Å². The first kappa shape index (κ1) is 21.3. The molecule has 0 saturated carbocycles. The van der Waals surface area contributed by atoms with Gasteiger partial charge in [-0.15, -0.1) is 12.4 Å². The molecule has 10 heteroatoms. The standard InChI is InChI=1S/C17H20ClN3O5.ClH/c18-12-9-11(21-6-3-14(22)19-16(21)25)1-2-13(12)20-7-4-17(26,5-8-20)10-15(23)24;/h1-2,9,26H,3-8,10H2,(H,23,24)(H,19,22,25);1H. The number of nitrogens with one attached hydrogen (secondary N) is 1. The minimum atomic E-state index is -1.19. The Balaban J connectivity index is 0.00000261. The summed E-state index contributed by atoms with van der Waals surface area (Å²) in [7, 11) is 0. The van der Waals surface area contributed by atoms with Gasteiger partial charge in [0.1, 0.15) is 0 Å². The number of anilines is 2. The van der Waals surface area contributed by atoms with E-state index in [-0.39, 0.29) is 31.2 Å². The molecule has 2 heterocycles. The Morgan fingerprint density at radius 1 is 1.22 bits per heavy atom. The zero-order chi connectivity index (χ0) is 18.9. The molecule has 1 aromatic carbocycles. The molecule has 27 heavy (non-hydrogen) atoms. The van der Waals surface area contributed by atoms with Gasteiger partial charge in [-0.2, -0.15) is 0 Å². The van der Waals surface area contributed by atoms with Gasteiger partial charge in [0.05, 0.1) is 22.7 Å². The first-order chi connectivity index (χ1) is 12.3. The van der Waals surface area contributed by atoms with Gasteiger partial charge in [0.2, 0.25) is 5.91 Å². The Morgan fingerprint density at radius 2 is 1.89 bits per heavy atom. The van der Waals surface area contributed by atoms with Crippen molar-refractivity contribution in [3.8, 4) is 0 Å². The van der Waals surface area contributed by atoms with Crippen LogP contribution < -0.4 is 15.1 Å². The van der Waals surface area contributed by atoms with Crippen molar-refractivity contribution in [2.24, 2.45) is 0 Å². The molecule has 1 aromatic rings. The molecule has 0 unspecified atom stereocenters. The van der Waals surface area contributed by atoms with E-state index >= 15 is 0 Å². The van der Waals surface area contributed by atoms with Crippen molar-refractivity contribution in [1.82, 2.24) is 5.32 Å². The number of carboxylic acid groups (broad SMARTS) is 1. The van der Waals surface area contributed by atoms with Gasteiger partial charge >= 0.3 is 12.0 Å². The SMILES string of the molecule is Cl.O=C(O)CC1(O)CCN(c2ccc(N3CCC(=O)NC3=O)cc2Cl)CC1. The number of rotatable bonds is 4. The topological polar surface area (TPSA) is 110 Å². The van der Waals surface area contributed by atoms with Crippen LogP contribution in [0.2, 0.25) is 5.02 Å². The van der Waals surface area contributed by atoms with Crippen molar-refractivity contribution in [1.29, 1.82) is 0 Å². The molecule has 0 atom stereocenters. The van der Waals surface area contributed by atoms with Crippen LogP contribution in [0, 0.1) is 0 Å². The molecule has 2 aliphatic rings. The number of aliphatic carboxylic acids is 1. The van der Waals surface area contributed by atoms with Crippen LogP contribution in [-0.2, 0) is 9.59 Å². The van der Waals surface area contributed by atoms with Crippen LogP contribution in [-0.4, -0.2) is 53.4 Å². The Hall–Kier alpha value is -2.03. The van der Waals surface area contributed by atoms with Crippen molar-refractivity contribution in [3.05, 3.63) is 23.2 Å². The lowest BCUT2D eigenvalue weighted by Gasteiger charge is -2.39. The average molecular weight is 418 g/mol. The number of hydrogen-bond acceptors (Lipinski definition) is 5. The molecule has 2 fully saturated rings. The van der Waals surface area contributed by atoms with Gasteiger partial charge in [-0.25, -0.2) is 4.79 Å². The number of hydrogen-bond donors (Lipinski definition) is 3. The molecule has 8 nitrogen and oxygen atoms in total. The predicted molar refractivity (Wildman–Crippen MR) is 103 cm³/mol. The summed E-state index contributed by atoms with van der Waals surface area (Å²) in [6, 6.07) is 4.75. The van der Waals surface area contributed by atoms with Gasteiger partial charge in [-0.1, -0.05) is 11.6 Å². The monoisotopic (exact) mass is 417 g/mol. The van der Waals surface area contributed by atoms with Gasteiger partial charge in [0.25, 0.3) is 0 Å². The number of urea groups is 1. The van der Waals surface area contributed by atoms with Crippen LogP contribution in [0.25, 0.3) is 0 Å². The van der Waals surface area contributed by atoms with Gasteiger partial charge in [0, 0.05) is 31.7 Å². The molecule has 0 bridgehead atoms. The van der Waals surface area contributed by atoms with Gasteiger partial charge < -0.3 is 15.1 Å². The lowest BCUT2D eigenvalue weighted by molar-refractivity contribution is -0.143. The zero-order valence-corrected chi connectivity index (χ0v) is 16.1. The molecule has 0 aromatic heterocycles. The van der Waals surface area contributed by atoms with Gasteiger partial charge in [-0.3, -0.25) is 19.8 Å². The summed E-state index contributed by atoms with van der Waals surface area (Å²) in [5.41, 5.74) is 0.178. The summed E-state index contributed by atoms with van der Waals surface area (Å²) in [6.07, 6.45) is 0.651. The quantitative estimate of drug-likeness (QED) is 0.690. The highest BCUT2D eigenvalue weighted by molar-refractivity contribution is 6.33. The van der Waals surface area contributed by atoms with Gasteiger partial charge in [0.15, 0.2) is 0 Å². The maximum Gasteiger partial charge on any atom is 0.328 e. The van der Waals surface area contributed by atoms with Crippen LogP contribution in [0.5, 0.6) is 0 Å². The van der Waals surface area contributed by atoms with Crippen molar-refractivity contribution in [2.75, 3.05) is 29.4 Å². The number of carbonyl (C=O) groups is 3. The molecule has 2 aliphatic heterocycles. The van der Waals surface area contributed by atoms with Gasteiger partial charge in [-0.05, 0) is 31.0 Å². The van der Waals surface area contributed by atoms with Crippen LogP contribution in [0.3, 0.4) is 0 Å². The predicted octanol–water partition coefficient (Wildman–Crippen LogP) is 2.01. The van der Waals surface area contributed by atoms with Crippen LogP contribution in [0.4, 0.5) is 16.2 Å². The Morgan fingerprint density at radius 3 is 2.44 bits per heavy atom. The van der Waals surface area contributed by atoms with Crippen molar-refractivity contribution >= 4 is 53.3 Å². The van der Waals surface area contributed by atoms with E-state index in [1.807, 2.05) is 4.90 Å². The molecule has 148 valence electrons. The molecule has 3 amide bonds. The summed E-state index contributed by atoms with van der Waals surface area (Å²) in [5, 5.41) is 21.9. The molecular weight excluding hydrogens is 397 g/mol. The Kier molecular flexibility index (Phi) is 6.56. The van der Waals surface area contributed by atoms with Crippen molar-refractivity contribution < 1.29 is 24.6 Å². The first-order valence-electron chi connectivity index (χ1n) is 8.37.